The summed E-state index contributed by atoms with van der Waals surface area (Å²) in [6.45, 7) is 6.27. The van der Waals surface area contributed by atoms with Crippen molar-refractivity contribution in [2.75, 3.05) is 5.32 Å². The van der Waals surface area contributed by atoms with Gasteiger partial charge < -0.3 is 0 Å². The van der Waals surface area contributed by atoms with Crippen LogP contribution in [0, 0.1) is 19.8 Å². The predicted octanol–water partition coefficient (Wildman–Crippen LogP) is 4.20. The van der Waals surface area contributed by atoms with Crippen LogP contribution in [0.1, 0.15) is 44.7 Å². The zero-order chi connectivity index (χ0) is 14.3. The molecule has 20 heavy (non-hydrogen) atoms. The van der Waals surface area contributed by atoms with E-state index in [0.717, 1.165) is 34.9 Å². The van der Waals surface area contributed by atoms with E-state index in [1.807, 2.05) is 19.2 Å². The Hall–Kier alpha value is -1.20. The highest BCUT2D eigenvalue weighted by Gasteiger charge is 2.23. The van der Waals surface area contributed by atoms with Crippen molar-refractivity contribution in [1.82, 2.24) is 4.98 Å². The fraction of sp³-hybridized carbons (Fsp3) is 0.467. The van der Waals surface area contributed by atoms with Crippen molar-refractivity contribution in [2.24, 2.45) is 5.92 Å². The fourth-order valence-corrected chi connectivity index (χ4v) is 4.61. The van der Waals surface area contributed by atoms with Crippen LogP contribution in [-0.2, 0) is 12.8 Å². The molecule has 1 aliphatic carbocycles. The number of nitrogens with zero attached hydrogens (tertiary/aromatic N) is 1. The normalized spacial score (nSPS) is 17.9. The number of rotatable bonds is 2. The van der Waals surface area contributed by atoms with Gasteiger partial charge in [-0.3, -0.25) is 10.1 Å². The lowest BCUT2D eigenvalue weighted by Gasteiger charge is -2.18. The molecule has 0 radical (unpaired) electrons. The number of aromatic nitrogens is 1. The SMILES string of the molecule is Cc1nc(NC(=O)c2csc3c2CCC(C)C3)sc1C. The van der Waals surface area contributed by atoms with E-state index in [9.17, 15) is 4.79 Å². The van der Waals surface area contributed by atoms with Crippen molar-refractivity contribution in [3.8, 4) is 0 Å². The maximum Gasteiger partial charge on any atom is 0.258 e. The van der Waals surface area contributed by atoms with Crippen molar-refractivity contribution in [3.05, 3.63) is 32.0 Å². The number of amides is 1. The molecule has 0 saturated carbocycles. The molecule has 0 fully saturated rings. The lowest BCUT2D eigenvalue weighted by atomic mass is 9.88. The second-order valence-corrected chi connectivity index (χ2v) is 7.68. The Morgan fingerprint density at radius 3 is 2.95 bits per heavy atom. The molecular weight excluding hydrogens is 288 g/mol. The van der Waals surface area contributed by atoms with Crippen molar-refractivity contribution in [2.45, 2.75) is 40.0 Å². The van der Waals surface area contributed by atoms with Gasteiger partial charge in [0, 0.05) is 15.1 Å². The van der Waals surface area contributed by atoms with E-state index in [2.05, 4.69) is 17.2 Å². The predicted molar refractivity (Wildman–Crippen MR) is 85.0 cm³/mol. The Morgan fingerprint density at radius 1 is 1.45 bits per heavy atom. The second-order valence-electron chi connectivity index (χ2n) is 5.51. The van der Waals surface area contributed by atoms with Gasteiger partial charge in [0.15, 0.2) is 5.13 Å². The van der Waals surface area contributed by atoms with Crippen LogP contribution < -0.4 is 5.32 Å². The van der Waals surface area contributed by atoms with Gasteiger partial charge in [0.25, 0.3) is 5.91 Å². The van der Waals surface area contributed by atoms with Crippen LogP contribution in [0.2, 0.25) is 0 Å². The van der Waals surface area contributed by atoms with Gasteiger partial charge in [0.05, 0.1) is 11.3 Å². The van der Waals surface area contributed by atoms with Gasteiger partial charge in [0.1, 0.15) is 0 Å². The van der Waals surface area contributed by atoms with E-state index in [4.69, 9.17) is 0 Å². The van der Waals surface area contributed by atoms with Crippen LogP contribution in [0.5, 0.6) is 0 Å². The third kappa shape index (κ3) is 2.52. The van der Waals surface area contributed by atoms with Crippen LogP contribution in [0.15, 0.2) is 5.38 Å². The summed E-state index contributed by atoms with van der Waals surface area (Å²) in [6.07, 6.45) is 3.32. The Kier molecular flexibility index (Phi) is 3.65. The van der Waals surface area contributed by atoms with Crippen molar-refractivity contribution < 1.29 is 4.79 Å². The molecule has 0 saturated heterocycles. The highest BCUT2D eigenvalue weighted by atomic mass is 32.1. The van der Waals surface area contributed by atoms with Gasteiger partial charge in [-0.1, -0.05) is 6.92 Å². The average Bonchev–Trinajstić information content (AvgIpc) is 2.93. The number of thiophene rings is 1. The summed E-state index contributed by atoms with van der Waals surface area (Å²) < 4.78 is 0. The maximum absolute atomic E-state index is 12.4. The van der Waals surface area contributed by atoms with Crippen molar-refractivity contribution >= 4 is 33.7 Å². The largest absolute Gasteiger partial charge is 0.298 e. The molecule has 1 aliphatic rings. The van der Waals surface area contributed by atoms with Gasteiger partial charge in [-0.2, -0.15) is 0 Å². The number of anilines is 1. The molecule has 1 amide bonds. The molecule has 0 bridgehead atoms. The number of hydrogen-bond acceptors (Lipinski definition) is 4. The maximum atomic E-state index is 12.4. The third-order valence-electron chi connectivity index (χ3n) is 3.90. The zero-order valence-electron chi connectivity index (χ0n) is 11.9. The Balaban J connectivity index is 1.81. The minimum atomic E-state index is -0.00852. The number of aryl methyl sites for hydroxylation is 2. The Bertz CT molecular complexity index is 637. The van der Waals surface area contributed by atoms with Crippen LogP contribution in [0.4, 0.5) is 5.13 Å². The first-order chi connectivity index (χ1) is 9.54. The van der Waals surface area contributed by atoms with Gasteiger partial charge in [0.2, 0.25) is 0 Å². The average molecular weight is 306 g/mol. The second kappa shape index (κ2) is 5.30. The summed E-state index contributed by atoms with van der Waals surface area (Å²) in [5.41, 5.74) is 3.10. The molecule has 0 aromatic carbocycles. The lowest BCUT2D eigenvalue weighted by molar-refractivity contribution is 0.102. The highest BCUT2D eigenvalue weighted by molar-refractivity contribution is 7.15. The quantitative estimate of drug-likeness (QED) is 0.903. The van der Waals surface area contributed by atoms with Crippen LogP contribution >= 0.6 is 22.7 Å². The summed E-state index contributed by atoms with van der Waals surface area (Å²) >= 11 is 3.26. The number of nitrogens with one attached hydrogen (secondary N) is 1. The van der Waals surface area contributed by atoms with Gasteiger partial charge in [-0.15, -0.1) is 22.7 Å². The van der Waals surface area contributed by atoms with Gasteiger partial charge >= 0.3 is 0 Å². The summed E-state index contributed by atoms with van der Waals surface area (Å²) in [6, 6.07) is 0. The molecule has 5 heteroatoms. The smallest absolute Gasteiger partial charge is 0.258 e. The third-order valence-corrected chi connectivity index (χ3v) is 5.93. The molecule has 106 valence electrons. The molecule has 1 N–H and O–H groups in total. The fourth-order valence-electron chi connectivity index (χ4n) is 2.56. The minimum Gasteiger partial charge on any atom is -0.298 e. The number of carbonyl (C=O) groups excluding carboxylic acids is 1. The number of carbonyl (C=O) groups is 1. The first-order valence-corrected chi connectivity index (χ1v) is 8.59. The van der Waals surface area contributed by atoms with Crippen LogP contribution in [0.25, 0.3) is 0 Å². The van der Waals surface area contributed by atoms with E-state index in [0.29, 0.717) is 5.13 Å². The van der Waals surface area contributed by atoms with Crippen LogP contribution in [0.3, 0.4) is 0 Å². The molecule has 2 heterocycles. The Morgan fingerprint density at radius 2 is 2.25 bits per heavy atom. The number of hydrogen-bond donors (Lipinski definition) is 1. The first kappa shape index (κ1) is 13.8. The molecule has 0 spiro atoms. The molecule has 0 aliphatic heterocycles. The molecule has 2 aromatic rings. The lowest BCUT2D eigenvalue weighted by Crippen LogP contribution is -2.16. The molecule has 1 unspecified atom stereocenters. The molecular formula is C15H18N2OS2. The van der Waals surface area contributed by atoms with E-state index in [1.165, 1.54) is 28.2 Å². The van der Waals surface area contributed by atoms with E-state index in [-0.39, 0.29) is 5.91 Å². The Labute approximate surface area is 127 Å². The zero-order valence-corrected chi connectivity index (χ0v) is 13.6. The van der Waals surface area contributed by atoms with Gasteiger partial charge in [-0.05, 0) is 44.6 Å². The van der Waals surface area contributed by atoms with E-state index in [1.54, 1.807) is 11.3 Å². The van der Waals surface area contributed by atoms with Crippen LogP contribution in [-0.4, -0.2) is 10.9 Å². The van der Waals surface area contributed by atoms with E-state index < -0.39 is 0 Å². The molecule has 2 aromatic heterocycles. The standard InChI is InChI=1S/C15H18N2OS2/c1-8-4-5-11-12(7-19-13(11)6-8)14(18)17-15-16-9(2)10(3)20-15/h7-8H,4-6H2,1-3H3,(H,16,17,18). The number of thiazole rings is 1. The summed E-state index contributed by atoms with van der Waals surface area (Å²) in [4.78, 5) is 19.3. The van der Waals surface area contributed by atoms with Gasteiger partial charge in [-0.25, -0.2) is 4.98 Å². The molecule has 1 atom stereocenters. The summed E-state index contributed by atoms with van der Waals surface area (Å²) in [7, 11) is 0. The summed E-state index contributed by atoms with van der Waals surface area (Å²) in [5, 5.41) is 5.65. The minimum absolute atomic E-state index is 0.00852. The van der Waals surface area contributed by atoms with E-state index >= 15 is 0 Å². The monoisotopic (exact) mass is 306 g/mol. The summed E-state index contributed by atoms with van der Waals surface area (Å²) in [5.74, 6) is 0.729. The topological polar surface area (TPSA) is 42.0 Å². The first-order valence-electron chi connectivity index (χ1n) is 6.89. The molecule has 3 nitrogen and oxygen atoms in total. The highest BCUT2D eigenvalue weighted by Crippen LogP contribution is 2.33. The van der Waals surface area contributed by atoms with Crippen molar-refractivity contribution in [1.29, 1.82) is 0 Å². The van der Waals surface area contributed by atoms with Crippen molar-refractivity contribution in [3.63, 3.8) is 0 Å². The number of fused-ring (bicyclic) bond motifs is 1. The molecule has 3 rings (SSSR count).